The van der Waals surface area contributed by atoms with E-state index in [0.717, 1.165) is 5.56 Å². The number of hydrogen-bond donors (Lipinski definition) is 2. The van der Waals surface area contributed by atoms with Gasteiger partial charge in [-0.25, -0.2) is 0 Å². The molecule has 7 heteroatoms. The average molecular weight is 454 g/mol. The number of amides is 3. The monoisotopic (exact) mass is 453 g/mol. The second kappa shape index (κ2) is 10.1. The van der Waals surface area contributed by atoms with Crippen molar-refractivity contribution in [2.24, 2.45) is 0 Å². The van der Waals surface area contributed by atoms with Crippen molar-refractivity contribution in [1.82, 2.24) is 4.90 Å². The number of phenolic OH excluding ortho intramolecular Hbond substituents is 1. The topological polar surface area (TPSA) is 90.0 Å². The van der Waals surface area contributed by atoms with Crippen LogP contribution in [0.2, 0.25) is 0 Å². The van der Waals surface area contributed by atoms with E-state index >= 15 is 0 Å². The van der Waals surface area contributed by atoms with Crippen molar-refractivity contribution in [3.63, 3.8) is 0 Å². The summed E-state index contributed by atoms with van der Waals surface area (Å²) in [5, 5.41) is 13.0. The van der Waals surface area contributed by atoms with Gasteiger partial charge in [-0.2, -0.15) is 0 Å². The summed E-state index contributed by atoms with van der Waals surface area (Å²) < 4.78 is 0. The van der Waals surface area contributed by atoms with E-state index in [1.54, 1.807) is 59.1 Å². The van der Waals surface area contributed by atoms with Crippen molar-refractivity contribution in [3.05, 3.63) is 52.6 Å². The van der Waals surface area contributed by atoms with Crippen LogP contribution in [0.1, 0.15) is 61.2 Å². The molecular formula is C26H35N3O4. The third kappa shape index (κ3) is 6.12. The highest BCUT2D eigenvalue weighted by molar-refractivity contribution is 6.04. The molecule has 33 heavy (non-hydrogen) atoms. The molecule has 0 spiro atoms. The maximum absolute atomic E-state index is 13.1. The molecule has 7 nitrogen and oxygen atoms in total. The molecule has 0 atom stereocenters. The zero-order valence-electron chi connectivity index (χ0n) is 20.9. The van der Waals surface area contributed by atoms with E-state index in [2.05, 4.69) is 5.32 Å². The van der Waals surface area contributed by atoms with Crippen LogP contribution in [0.5, 0.6) is 5.75 Å². The quantitative estimate of drug-likeness (QED) is 0.679. The molecule has 0 heterocycles. The van der Waals surface area contributed by atoms with E-state index < -0.39 is 0 Å². The van der Waals surface area contributed by atoms with Gasteiger partial charge < -0.3 is 20.2 Å². The Morgan fingerprint density at radius 2 is 1.58 bits per heavy atom. The SMILES string of the molecule is CCC(=O)N(CC(=O)Nc1cc(C(=O)N(C)C)ccc1C(C)(C)C)c1cc(C)c(O)c(C)c1. The predicted octanol–water partition coefficient (Wildman–Crippen LogP) is 4.39. The lowest BCUT2D eigenvalue weighted by Gasteiger charge is -2.26. The summed E-state index contributed by atoms with van der Waals surface area (Å²) >= 11 is 0. The highest BCUT2D eigenvalue weighted by atomic mass is 16.3. The fourth-order valence-electron chi connectivity index (χ4n) is 3.63. The van der Waals surface area contributed by atoms with Crippen LogP contribution in [0.3, 0.4) is 0 Å². The summed E-state index contributed by atoms with van der Waals surface area (Å²) in [6.45, 7) is 11.1. The van der Waals surface area contributed by atoms with E-state index in [-0.39, 0.29) is 41.9 Å². The zero-order chi connectivity index (χ0) is 25.1. The molecule has 0 saturated carbocycles. The number of aromatic hydroxyl groups is 1. The van der Waals surface area contributed by atoms with Crippen molar-refractivity contribution in [1.29, 1.82) is 0 Å². The molecule has 2 aromatic carbocycles. The molecule has 0 radical (unpaired) electrons. The van der Waals surface area contributed by atoms with Gasteiger partial charge in [-0.1, -0.05) is 33.8 Å². The Morgan fingerprint density at radius 3 is 2.06 bits per heavy atom. The minimum absolute atomic E-state index is 0.163. The van der Waals surface area contributed by atoms with Crippen molar-refractivity contribution in [2.45, 2.75) is 53.4 Å². The second-order valence-corrected chi connectivity index (χ2v) is 9.52. The minimum Gasteiger partial charge on any atom is -0.507 e. The lowest BCUT2D eigenvalue weighted by molar-refractivity contribution is -0.121. The molecule has 0 aromatic heterocycles. The maximum Gasteiger partial charge on any atom is 0.253 e. The molecule has 0 aliphatic rings. The summed E-state index contributed by atoms with van der Waals surface area (Å²) in [6.07, 6.45) is 0.228. The van der Waals surface area contributed by atoms with Crippen LogP contribution >= 0.6 is 0 Å². The summed E-state index contributed by atoms with van der Waals surface area (Å²) in [4.78, 5) is 41.1. The Morgan fingerprint density at radius 1 is 1.00 bits per heavy atom. The van der Waals surface area contributed by atoms with Crippen LogP contribution in [0.15, 0.2) is 30.3 Å². The Hall–Kier alpha value is -3.35. The first-order chi connectivity index (χ1) is 15.3. The number of aryl methyl sites for hydroxylation is 2. The van der Waals surface area contributed by atoms with Gasteiger partial charge in [0.1, 0.15) is 12.3 Å². The number of nitrogens with one attached hydrogen (secondary N) is 1. The third-order valence-corrected chi connectivity index (χ3v) is 5.45. The molecule has 0 aliphatic carbocycles. The van der Waals surface area contributed by atoms with E-state index in [1.165, 1.54) is 9.80 Å². The van der Waals surface area contributed by atoms with Gasteiger partial charge in [0, 0.05) is 37.5 Å². The first-order valence-corrected chi connectivity index (χ1v) is 11.0. The molecule has 178 valence electrons. The van der Waals surface area contributed by atoms with Gasteiger partial charge in [-0.3, -0.25) is 14.4 Å². The molecule has 2 aromatic rings. The molecule has 0 unspecified atom stereocenters. The van der Waals surface area contributed by atoms with Gasteiger partial charge in [0.2, 0.25) is 11.8 Å². The van der Waals surface area contributed by atoms with Gasteiger partial charge in [-0.05, 0) is 60.2 Å². The standard InChI is InChI=1S/C26H35N3O4/c1-9-23(31)29(19-12-16(2)24(32)17(3)13-19)15-22(30)27-21-14-18(25(33)28(7)8)10-11-20(21)26(4,5)6/h10-14,32H,9,15H2,1-8H3,(H,27,30). The van der Waals surface area contributed by atoms with Gasteiger partial charge in [0.15, 0.2) is 0 Å². The van der Waals surface area contributed by atoms with Crippen LogP contribution in [-0.4, -0.2) is 48.4 Å². The molecule has 0 saturated heterocycles. The number of anilines is 2. The van der Waals surface area contributed by atoms with Crippen LogP contribution in [-0.2, 0) is 15.0 Å². The Bertz CT molecular complexity index is 1040. The maximum atomic E-state index is 13.1. The number of benzene rings is 2. The second-order valence-electron chi connectivity index (χ2n) is 9.52. The minimum atomic E-state index is -0.375. The van der Waals surface area contributed by atoms with Crippen molar-refractivity contribution >= 4 is 29.1 Å². The molecule has 0 fully saturated rings. The lowest BCUT2D eigenvalue weighted by atomic mass is 9.85. The number of rotatable bonds is 6. The van der Waals surface area contributed by atoms with Crippen LogP contribution in [0.4, 0.5) is 11.4 Å². The van der Waals surface area contributed by atoms with Gasteiger partial charge in [-0.15, -0.1) is 0 Å². The number of carbonyl (C=O) groups excluding carboxylic acids is 3. The van der Waals surface area contributed by atoms with Crippen LogP contribution < -0.4 is 10.2 Å². The number of phenols is 1. The number of hydrogen-bond acceptors (Lipinski definition) is 4. The van der Waals surface area contributed by atoms with Crippen molar-refractivity contribution in [3.8, 4) is 5.75 Å². The largest absolute Gasteiger partial charge is 0.507 e. The first-order valence-electron chi connectivity index (χ1n) is 11.0. The fourth-order valence-corrected chi connectivity index (χ4v) is 3.63. The average Bonchev–Trinajstić information content (AvgIpc) is 2.73. The third-order valence-electron chi connectivity index (χ3n) is 5.45. The molecule has 2 rings (SSSR count). The van der Waals surface area contributed by atoms with E-state index in [4.69, 9.17) is 0 Å². The summed E-state index contributed by atoms with van der Waals surface area (Å²) in [6, 6.07) is 8.68. The highest BCUT2D eigenvalue weighted by Gasteiger charge is 2.24. The summed E-state index contributed by atoms with van der Waals surface area (Å²) in [5.41, 5.74) is 3.44. The summed E-state index contributed by atoms with van der Waals surface area (Å²) in [5.74, 6) is -0.574. The Labute approximate surface area is 196 Å². The predicted molar refractivity (Wildman–Crippen MR) is 132 cm³/mol. The van der Waals surface area contributed by atoms with Gasteiger partial charge in [0.05, 0.1) is 0 Å². The van der Waals surface area contributed by atoms with Crippen molar-refractivity contribution < 1.29 is 19.5 Å². The molecule has 2 N–H and O–H groups in total. The Balaban J connectivity index is 2.41. The normalized spacial score (nSPS) is 11.2. The van der Waals surface area contributed by atoms with Gasteiger partial charge >= 0.3 is 0 Å². The van der Waals surface area contributed by atoms with E-state index in [1.807, 2.05) is 26.8 Å². The molecular weight excluding hydrogens is 418 g/mol. The van der Waals surface area contributed by atoms with E-state index in [9.17, 15) is 19.5 Å². The molecule has 0 aliphatic heterocycles. The van der Waals surface area contributed by atoms with Crippen LogP contribution in [0, 0.1) is 13.8 Å². The smallest absolute Gasteiger partial charge is 0.253 e. The fraction of sp³-hybridized carbons (Fsp3) is 0.423. The lowest BCUT2D eigenvalue weighted by Crippen LogP contribution is -2.38. The summed E-state index contributed by atoms with van der Waals surface area (Å²) in [7, 11) is 3.35. The first kappa shape index (κ1) is 25.9. The molecule has 3 amide bonds. The Kier molecular flexibility index (Phi) is 7.90. The highest BCUT2D eigenvalue weighted by Crippen LogP contribution is 2.31. The van der Waals surface area contributed by atoms with Gasteiger partial charge in [0.25, 0.3) is 5.91 Å². The molecule has 0 bridgehead atoms. The zero-order valence-corrected chi connectivity index (χ0v) is 20.9. The van der Waals surface area contributed by atoms with Crippen molar-refractivity contribution in [2.75, 3.05) is 30.9 Å². The number of carbonyl (C=O) groups is 3. The van der Waals surface area contributed by atoms with Crippen LogP contribution in [0.25, 0.3) is 0 Å². The van der Waals surface area contributed by atoms with E-state index in [0.29, 0.717) is 28.1 Å². The number of nitrogens with zero attached hydrogens (tertiary/aromatic N) is 2.